The lowest BCUT2D eigenvalue weighted by Gasteiger charge is -2.13. The molecule has 9 heteroatoms. The Kier molecular flexibility index (Phi) is 4.96. The second-order valence-electron chi connectivity index (χ2n) is 4.37. The number of hydrogen-bond donors (Lipinski definition) is 1. The minimum absolute atomic E-state index is 0.0193. The summed E-state index contributed by atoms with van der Waals surface area (Å²) < 4.78 is 64.1. The molecule has 0 atom stereocenters. The van der Waals surface area contributed by atoms with Crippen molar-refractivity contribution in [3.63, 3.8) is 0 Å². The van der Waals surface area contributed by atoms with Crippen LogP contribution in [-0.2, 0) is 10.0 Å². The lowest BCUT2D eigenvalue weighted by molar-refractivity contribution is 0.350. The van der Waals surface area contributed by atoms with Gasteiger partial charge >= 0.3 is 0 Å². The first kappa shape index (κ1) is 17.3. The van der Waals surface area contributed by atoms with Gasteiger partial charge in [-0.1, -0.05) is 11.6 Å². The van der Waals surface area contributed by atoms with Crippen LogP contribution in [0.2, 0.25) is 5.02 Å². The largest absolute Gasteiger partial charge is 0.493 e. The Morgan fingerprint density at radius 1 is 1.00 bits per heavy atom. The highest BCUT2D eigenvalue weighted by Gasteiger charge is 2.23. The van der Waals surface area contributed by atoms with Crippen LogP contribution >= 0.6 is 11.6 Å². The summed E-state index contributed by atoms with van der Waals surface area (Å²) in [7, 11) is -1.82. The van der Waals surface area contributed by atoms with Crippen molar-refractivity contribution in [2.24, 2.45) is 0 Å². The number of nitrogens with one attached hydrogen (secondary N) is 1. The number of hydrogen-bond acceptors (Lipinski definition) is 4. The van der Waals surface area contributed by atoms with Gasteiger partial charge in [-0.2, -0.15) is 0 Å². The van der Waals surface area contributed by atoms with E-state index in [9.17, 15) is 17.2 Å². The lowest BCUT2D eigenvalue weighted by Crippen LogP contribution is -2.16. The van der Waals surface area contributed by atoms with Crippen LogP contribution in [0.15, 0.2) is 35.2 Å². The minimum atomic E-state index is -4.38. The van der Waals surface area contributed by atoms with E-state index in [4.69, 9.17) is 21.1 Å². The molecule has 0 aliphatic carbocycles. The van der Waals surface area contributed by atoms with E-state index in [1.165, 1.54) is 20.3 Å². The van der Waals surface area contributed by atoms with Crippen LogP contribution in [0.4, 0.5) is 14.5 Å². The third-order valence-corrected chi connectivity index (χ3v) is 4.52. The lowest BCUT2D eigenvalue weighted by atomic mass is 10.3. The van der Waals surface area contributed by atoms with E-state index in [-0.39, 0.29) is 22.2 Å². The third kappa shape index (κ3) is 3.65. The van der Waals surface area contributed by atoms with E-state index in [1.54, 1.807) is 0 Å². The molecule has 0 bridgehead atoms. The summed E-state index contributed by atoms with van der Waals surface area (Å²) >= 11 is 5.60. The predicted octanol–water partition coefficient (Wildman–Crippen LogP) is 3.44. The number of methoxy groups -OCH3 is 2. The van der Waals surface area contributed by atoms with Gasteiger partial charge in [-0.05, 0) is 18.2 Å². The fraction of sp³-hybridized carbons (Fsp3) is 0.143. The first-order valence-electron chi connectivity index (χ1n) is 6.18. The Balaban J connectivity index is 2.47. The zero-order valence-electron chi connectivity index (χ0n) is 12.1. The molecule has 0 aliphatic heterocycles. The molecule has 0 fully saturated rings. The molecule has 0 saturated carbocycles. The molecule has 2 rings (SSSR count). The number of anilines is 1. The molecule has 0 spiro atoms. The highest BCUT2D eigenvalue weighted by molar-refractivity contribution is 7.92. The maximum Gasteiger partial charge on any atom is 0.265 e. The topological polar surface area (TPSA) is 64.6 Å². The van der Waals surface area contributed by atoms with Crippen LogP contribution in [0.25, 0.3) is 0 Å². The van der Waals surface area contributed by atoms with Crippen molar-refractivity contribution < 1.29 is 26.7 Å². The second-order valence-corrected chi connectivity index (χ2v) is 6.45. The van der Waals surface area contributed by atoms with Crippen molar-refractivity contribution in [1.29, 1.82) is 0 Å². The maximum atomic E-state index is 14.0. The Morgan fingerprint density at radius 3 is 2.17 bits per heavy atom. The van der Waals surface area contributed by atoms with Gasteiger partial charge in [-0.15, -0.1) is 0 Å². The molecule has 2 aromatic carbocycles. The summed E-state index contributed by atoms with van der Waals surface area (Å²) in [6.07, 6.45) is 0. The van der Waals surface area contributed by atoms with Crippen LogP contribution in [0.5, 0.6) is 11.5 Å². The SMILES string of the molecule is COc1cc(F)c(S(=O)(=O)Nc2ccc(Cl)cc2F)cc1OC. The van der Waals surface area contributed by atoms with E-state index >= 15 is 0 Å². The van der Waals surface area contributed by atoms with Gasteiger partial charge in [-0.3, -0.25) is 4.72 Å². The van der Waals surface area contributed by atoms with Crippen LogP contribution in [-0.4, -0.2) is 22.6 Å². The fourth-order valence-electron chi connectivity index (χ4n) is 1.81. The Hall–Kier alpha value is -2.06. The predicted molar refractivity (Wildman–Crippen MR) is 81.7 cm³/mol. The van der Waals surface area contributed by atoms with Gasteiger partial charge in [0.05, 0.1) is 19.9 Å². The quantitative estimate of drug-likeness (QED) is 0.883. The number of halogens is 3. The Bertz CT molecular complexity index is 843. The van der Waals surface area contributed by atoms with E-state index in [0.29, 0.717) is 0 Å². The number of rotatable bonds is 5. The second kappa shape index (κ2) is 6.59. The van der Waals surface area contributed by atoms with Gasteiger partial charge in [0.15, 0.2) is 11.5 Å². The van der Waals surface area contributed by atoms with Crippen molar-refractivity contribution in [2.45, 2.75) is 4.90 Å². The monoisotopic (exact) mass is 363 g/mol. The highest BCUT2D eigenvalue weighted by atomic mass is 35.5. The first-order valence-corrected chi connectivity index (χ1v) is 8.04. The van der Waals surface area contributed by atoms with E-state index in [2.05, 4.69) is 0 Å². The minimum Gasteiger partial charge on any atom is -0.493 e. The zero-order valence-corrected chi connectivity index (χ0v) is 13.6. The summed E-state index contributed by atoms with van der Waals surface area (Å²) in [5, 5.41) is 0.0998. The molecular formula is C14H12ClF2NO4S. The summed E-state index contributed by atoms with van der Waals surface area (Å²) in [5.41, 5.74) is -0.358. The summed E-state index contributed by atoms with van der Waals surface area (Å²) in [6, 6.07) is 5.18. The van der Waals surface area contributed by atoms with Crippen molar-refractivity contribution in [3.8, 4) is 11.5 Å². The molecule has 0 saturated heterocycles. The average molecular weight is 364 g/mol. The number of ether oxygens (including phenoxy) is 2. The average Bonchev–Trinajstić information content (AvgIpc) is 2.49. The van der Waals surface area contributed by atoms with Crippen LogP contribution < -0.4 is 14.2 Å². The van der Waals surface area contributed by atoms with Crippen LogP contribution in [0.1, 0.15) is 0 Å². The van der Waals surface area contributed by atoms with Gasteiger partial charge < -0.3 is 9.47 Å². The molecule has 0 amide bonds. The molecule has 23 heavy (non-hydrogen) atoms. The van der Waals surface area contributed by atoms with Gasteiger partial charge in [0.1, 0.15) is 16.5 Å². The van der Waals surface area contributed by atoms with Crippen molar-refractivity contribution in [3.05, 3.63) is 47.0 Å². The molecule has 2 aromatic rings. The molecule has 1 N–H and O–H groups in total. The van der Waals surface area contributed by atoms with Gasteiger partial charge in [0.2, 0.25) is 0 Å². The van der Waals surface area contributed by atoms with Gasteiger partial charge in [0.25, 0.3) is 10.0 Å². The Labute approximate surface area is 136 Å². The van der Waals surface area contributed by atoms with Crippen molar-refractivity contribution >= 4 is 27.3 Å². The van der Waals surface area contributed by atoms with Gasteiger partial charge in [-0.25, -0.2) is 17.2 Å². The maximum absolute atomic E-state index is 14.0. The van der Waals surface area contributed by atoms with Crippen LogP contribution in [0.3, 0.4) is 0 Å². The molecule has 5 nitrogen and oxygen atoms in total. The number of sulfonamides is 1. The molecule has 124 valence electrons. The van der Waals surface area contributed by atoms with E-state index in [1.807, 2.05) is 4.72 Å². The van der Waals surface area contributed by atoms with Crippen molar-refractivity contribution in [1.82, 2.24) is 0 Å². The van der Waals surface area contributed by atoms with E-state index in [0.717, 1.165) is 24.3 Å². The highest BCUT2D eigenvalue weighted by Crippen LogP contribution is 2.33. The first-order chi connectivity index (χ1) is 10.8. The molecule has 0 unspecified atom stereocenters. The Morgan fingerprint density at radius 2 is 1.61 bits per heavy atom. The fourth-order valence-corrected chi connectivity index (χ4v) is 3.12. The molecule has 0 aromatic heterocycles. The normalized spacial score (nSPS) is 11.2. The molecular weight excluding hydrogens is 352 g/mol. The van der Waals surface area contributed by atoms with Gasteiger partial charge in [0, 0.05) is 17.2 Å². The molecule has 0 heterocycles. The molecule has 0 aliphatic rings. The standard InChI is InChI=1S/C14H12ClF2NO4S/c1-21-12-6-10(17)14(7-13(12)22-2)23(19,20)18-11-4-3-8(15)5-9(11)16/h3-7,18H,1-2H3. The van der Waals surface area contributed by atoms with Crippen LogP contribution in [0, 0.1) is 11.6 Å². The smallest absolute Gasteiger partial charge is 0.265 e. The van der Waals surface area contributed by atoms with Crippen molar-refractivity contribution in [2.75, 3.05) is 18.9 Å². The molecule has 0 radical (unpaired) electrons. The number of benzene rings is 2. The zero-order chi connectivity index (χ0) is 17.2. The third-order valence-electron chi connectivity index (χ3n) is 2.90. The summed E-state index contributed by atoms with van der Waals surface area (Å²) in [6.45, 7) is 0. The van der Waals surface area contributed by atoms with E-state index < -0.39 is 26.6 Å². The summed E-state index contributed by atoms with van der Waals surface area (Å²) in [4.78, 5) is -0.704. The summed E-state index contributed by atoms with van der Waals surface area (Å²) in [5.74, 6) is -1.90.